The molecule has 9 nitrogen and oxygen atoms in total. The normalized spacial score (nSPS) is 44.3. The highest BCUT2D eigenvalue weighted by molar-refractivity contribution is 9.10. The van der Waals surface area contributed by atoms with Crippen LogP contribution in [0.4, 0.5) is 5.95 Å². The lowest BCUT2D eigenvalue weighted by atomic mass is 9.34. The monoisotopic (exact) mass is 731 g/mol. The molecule has 270 valence electrons. The fourth-order valence-electron chi connectivity index (χ4n) is 12.2. The van der Waals surface area contributed by atoms with Crippen LogP contribution in [0.15, 0.2) is 16.4 Å². The Kier molecular flexibility index (Phi) is 8.91. The summed E-state index contributed by atoms with van der Waals surface area (Å²) in [6.07, 6.45) is 7.92. The van der Waals surface area contributed by atoms with Crippen molar-refractivity contribution in [1.82, 2.24) is 14.8 Å². The van der Waals surface area contributed by atoms with Gasteiger partial charge < -0.3 is 26.0 Å². The first-order chi connectivity index (χ1) is 22.2. The molecule has 6 rings (SSSR count). The Hall–Kier alpha value is -1.49. The standard InChI is InChI=1S/C38H62BrN5O4/c1-21(2)23(5)33(6)15-16-35(8)24-11-12-27-34(7)18-47-20-38(27,25(24)13-14-36(35,9)28(33)30(45)46)17-26(44-31(39)42-43-32(44)40)29(34)48-19-37(10,41)22(3)4/h13,21-24,26-29H,11-12,14-20,41H2,1-10H3,(H2,40,43)(H,45,46)/t23-,24+,26-,27+,28-,29+,33-,34+,35-,36+,37+,38?/m1/s1. The second kappa shape index (κ2) is 11.8. The molecule has 1 aliphatic heterocycles. The van der Waals surface area contributed by atoms with Crippen LogP contribution in [0.2, 0.25) is 0 Å². The highest BCUT2D eigenvalue weighted by Crippen LogP contribution is 2.75. The van der Waals surface area contributed by atoms with Gasteiger partial charge in [-0.05, 0) is 107 Å². The Balaban J connectivity index is 1.47. The van der Waals surface area contributed by atoms with Gasteiger partial charge in [0, 0.05) is 16.4 Å². The molecule has 0 radical (unpaired) electrons. The quantitative estimate of drug-likeness (QED) is 0.234. The summed E-state index contributed by atoms with van der Waals surface area (Å²) in [6, 6.07) is -0.128. The number of aromatic nitrogens is 3. The van der Waals surface area contributed by atoms with E-state index in [0.29, 0.717) is 48.3 Å². The lowest BCUT2D eigenvalue weighted by molar-refractivity contribution is -0.251. The van der Waals surface area contributed by atoms with Crippen LogP contribution in [0.1, 0.15) is 114 Å². The van der Waals surface area contributed by atoms with E-state index in [1.807, 2.05) is 4.57 Å². The van der Waals surface area contributed by atoms with Crippen molar-refractivity contribution in [3.05, 3.63) is 16.4 Å². The smallest absolute Gasteiger partial charge is 0.307 e. The fraction of sp³-hybridized carbons (Fsp3) is 0.868. The molecule has 1 unspecified atom stereocenters. The maximum absolute atomic E-state index is 13.5. The summed E-state index contributed by atoms with van der Waals surface area (Å²) in [7, 11) is 0. The summed E-state index contributed by atoms with van der Waals surface area (Å²) in [6.45, 7) is 24.2. The largest absolute Gasteiger partial charge is 0.481 e. The zero-order valence-corrected chi connectivity index (χ0v) is 32.7. The van der Waals surface area contributed by atoms with Crippen LogP contribution in [0.25, 0.3) is 0 Å². The van der Waals surface area contributed by atoms with Crippen molar-refractivity contribution >= 4 is 27.8 Å². The van der Waals surface area contributed by atoms with Crippen LogP contribution in [0.3, 0.4) is 0 Å². The molecular weight excluding hydrogens is 670 g/mol. The average Bonchev–Trinajstić information content (AvgIpc) is 3.33. The first-order valence-electron chi connectivity index (χ1n) is 18.5. The number of nitrogen functional groups attached to an aromatic ring is 1. The first kappa shape index (κ1) is 36.3. The van der Waals surface area contributed by atoms with Gasteiger partial charge in [0.1, 0.15) is 0 Å². The molecule has 10 heteroatoms. The third kappa shape index (κ3) is 4.87. The Bertz CT molecular complexity index is 1440. The first-order valence-corrected chi connectivity index (χ1v) is 19.3. The van der Waals surface area contributed by atoms with Crippen LogP contribution in [-0.4, -0.2) is 57.3 Å². The molecule has 1 saturated heterocycles. The van der Waals surface area contributed by atoms with Crippen molar-refractivity contribution in [3.63, 3.8) is 0 Å². The number of hydrogen-bond donors (Lipinski definition) is 3. The molecule has 3 saturated carbocycles. The molecule has 1 aromatic heterocycles. The van der Waals surface area contributed by atoms with Crippen LogP contribution in [-0.2, 0) is 14.3 Å². The van der Waals surface area contributed by atoms with E-state index in [1.54, 1.807) is 0 Å². The van der Waals surface area contributed by atoms with E-state index < -0.39 is 17.4 Å². The number of allylic oxidation sites excluding steroid dienone is 1. The van der Waals surface area contributed by atoms with E-state index >= 15 is 0 Å². The Morgan fingerprint density at radius 1 is 1.12 bits per heavy atom. The van der Waals surface area contributed by atoms with Gasteiger partial charge in [-0.2, -0.15) is 0 Å². The number of aliphatic carboxylic acids is 1. The predicted octanol–water partition coefficient (Wildman–Crippen LogP) is 7.51. The number of nitrogens with zero attached hydrogens (tertiary/aromatic N) is 3. The van der Waals surface area contributed by atoms with Gasteiger partial charge in [0.05, 0.1) is 37.9 Å². The van der Waals surface area contributed by atoms with E-state index in [2.05, 4.69) is 101 Å². The Morgan fingerprint density at radius 2 is 1.81 bits per heavy atom. The number of carbonyl (C=O) groups is 1. The number of nitrogens with two attached hydrogens (primary N) is 2. The second-order valence-electron chi connectivity index (χ2n) is 18.7. The molecule has 2 heterocycles. The summed E-state index contributed by atoms with van der Waals surface area (Å²) in [5.74, 6) is 0.927. The minimum Gasteiger partial charge on any atom is -0.481 e. The minimum atomic E-state index is -0.630. The van der Waals surface area contributed by atoms with E-state index in [4.69, 9.17) is 20.9 Å². The van der Waals surface area contributed by atoms with Crippen molar-refractivity contribution < 1.29 is 19.4 Å². The summed E-state index contributed by atoms with van der Waals surface area (Å²) in [4.78, 5) is 13.5. The Labute approximate surface area is 296 Å². The van der Waals surface area contributed by atoms with Crippen LogP contribution < -0.4 is 11.5 Å². The molecule has 2 bridgehead atoms. The van der Waals surface area contributed by atoms with Crippen molar-refractivity contribution in [2.24, 2.45) is 68.3 Å². The number of ether oxygens (including phenoxy) is 2. The average molecular weight is 733 g/mol. The highest BCUT2D eigenvalue weighted by Gasteiger charge is 2.72. The van der Waals surface area contributed by atoms with Gasteiger partial charge in [-0.15, -0.1) is 10.2 Å². The third-order valence-electron chi connectivity index (χ3n) is 16.0. The molecule has 12 atom stereocenters. The van der Waals surface area contributed by atoms with Gasteiger partial charge in [-0.25, -0.2) is 0 Å². The van der Waals surface area contributed by atoms with E-state index in [9.17, 15) is 9.90 Å². The number of anilines is 1. The van der Waals surface area contributed by atoms with Gasteiger partial charge in [0.2, 0.25) is 10.7 Å². The summed E-state index contributed by atoms with van der Waals surface area (Å²) < 4.78 is 16.4. The molecule has 0 aromatic carbocycles. The van der Waals surface area contributed by atoms with Crippen molar-refractivity contribution in [3.8, 4) is 0 Å². The minimum absolute atomic E-state index is 0.128. The maximum Gasteiger partial charge on any atom is 0.307 e. The third-order valence-corrected chi connectivity index (χ3v) is 16.5. The van der Waals surface area contributed by atoms with Gasteiger partial charge >= 0.3 is 5.97 Å². The zero-order chi connectivity index (χ0) is 35.4. The van der Waals surface area contributed by atoms with E-state index in [0.717, 1.165) is 38.5 Å². The van der Waals surface area contributed by atoms with E-state index in [-0.39, 0.29) is 51.1 Å². The summed E-state index contributed by atoms with van der Waals surface area (Å²) in [5.41, 5.74) is 13.0. The number of fused-ring (bicyclic) bond motifs is 3. The molecule has 0 spiro atoms. The summed E-state index contributed by atoms with van der Waals surface area (Å²) >= 11 is 3.69. The van der Waals surface area contributed by atoms with Gasteiger partial charge in [-0.3, -0.25) is 9.36 Å². The lowest BCUT2D eigenvalue weighted by Gasteiger charge is -2.71. The lowest BCUT2D eigenvalue weighted by Crippen LogP contribution is -2.69. The molecule has 4 fully saturated rings. The van der Waals surface area contributed by atoms with Crippen molar-refractivity contribution in [2.75, 3.05) is 25.6 Å². The van der Waals surface area contributed by atoms with Crippen molar-refractivity contribution in [1.29, 1.82) is 0 Å². The molecule has 48 heavy (non-hydrogen) atoms. The Morgan fingerprint density at radius 3 is 2.40 bits per heavy atom. The zero-order valence-electron chi connectivity index (χ0n) is 31.1. The number of rotatable bonds is 8. The predicted molar refractivity (Wildman–Crippen MR) is 192 cm³/mol. The van der Waals surface area contributed by atoms with Crippen LogP contribution in [0, 0.1) is 62.6 Å². The van der Waals surface area contributed by atoms with Gasteiger partial charge in [0.25, 0.3) is 0 Å². The van der Waals surface area contributed by atoms with Crippen LogP contribution in [0.5, 0.6) is 0 Å². The van der Waals surface area contributed by atoms with Gasteiger partial charge in [-0.1, -0.05) is 74.0 Å². The molecule has 5 N–H and O–H groups in total. The van der Waals surface area contributed by atoms with Crippen molar-refractivity contribution in [2.45, 2.75) is 125 Å². The highest BCUT2D eigenvalue weighted by atomic mass is 79.9. The number of carboxylic acid groups (broad SMARTS) is 1. The molecule has 4 aliphatic carbocycles. The molecular formula is C38H62BrN5O4. The number of halogens is 1. The van der Waals surface area contributed by atoms with Crippen LogP contribution >= 0.6 is 15.9 Å². The molecule has 1 aromatic rings. The summed E-state index contributed by atoms with van der Waals surface area (Å²) in [5, 5.41) is 19.6. The number of carboxylic acids is 1. The molecule has 0 amide bonds. The fourth-order valence-corrected chi connectivity index (χ4v) is 12.7. The number of hydrogen-bond acceptors (Lipinski definition) is 7. The van der Waals surface area contributed by atoms with Gasteiger partial charge in [0.15, 0.2) is 0 Å². The maximum atomic E-state index is 13.5. The van der Waals surface area contributed by atoms with E-state index in [1.165, 1.54) is 5.57 Å². The molecule has 5 aliphatic rings. The SMILES string of the molecule is CC(C)[C@@H](C)[C@@]1(C)CC[C@]2(C)[C@H]3CC[C@@H]4C5(COC[C@]4(C)[C@@H](OC[C@](C)(N)C(C)C)[C@H](n4c(N)nnc4Br)C5)C3=CC[C@@]2(C)[C@@H]1C(=O)O. The second-order valence-corrected chi connectivity index (χ2v) is 19.4. The topological polar surface area (TPSA) is 139 Å².